The summed E-state index contributed by atoms with van der Waals surface area (Å²) in [6, 6.07) is 4.55. The number of hydrogen-bond donors (Lipinski definition) is 2. The molecule has 1 aliphatic rings. The van der Waals surface area contributed by atoms with Crippen molar-refractivity contribution >= 4 is 17.3 Å². The fraction of sp³-hybridized carbons (Fsp3) is 0.500. The smallest absolute Gasteiger partial charge is 0.293 e. The van der Waals surface area contributed by atoms with Gasteiger partial charge >= 0.3 is 0 Å². The van der Waals surface area contributed by atoms with Crippen LogP contribution in [0, 0.1) is 16.0 Å². The normalized spacial score (nSPS) is 13.8. The highest BCUT2D eigenvalue weighted by molar-refractivity contribution is 5.95. The number of carbonyl (C=O) groups excluding carboxylic acids is 1. The number of rotatable bonds is 7. The van der Waals surface area contributed by atoms with E-state index in [0.717, 1.165) is 19.3 Å². The van der Waals surface area contributed by atoms with Gasteiger partial charge in [-0.15, -0.1) is 0 Å². The average molecular weight is 277 g/mol. The first-order valence-corrected chi connectivity index (χ1v) is 6.92. The van der Waals surface area contributed by atoms with Crippen molar-refractivity contribution in [1.82, 2.24) is 5.32 Å². The molecule has 0 heterocycles. The number of carbonyl (C=O) groups is 1. The lowest BCUT2D eigenvalue weighted by Crippen LogP contribution is -2.25. The minimum absolute atomic E-state index is 0.0579. The zero-order valence-corrected chi connectivity index (χ0v) is 11.5. The molecule has 1 amide bonds. The zero-order valence-electron chi connectivity index (χ0n) is 11.5. The third kappa shape index (κ3) is 3.69. The Labute approximate surface area is 117 Å². The van der Waals surface area contributed by atoms with E-state index in [1.165, 1.54) is 6.07 Å². The van der Waals surface area contributed by atoms with Crippen LogP contribution in [0.3, 0.4) is 0 Å². The van der Waals surface area contributed by atoms with Gasteiger partial charge in [0.1, 0.15) is 5.69 Å². The van der Waals surface area contributed by atoms with Crippen LogP contribution in [0.1, 0.15) is 36.5 Å². The summed E-state index contributed by atoms with van der Waals surface area (Å²) in [4.78, 5) is 22.5. The molecule has 0 saturated heterocycles. The molecule has 2 N–H and O–H groups in total. The van der Waals surface area contributed by atoms with E-state index in [1.807, 2.05) is 6.92 Å². The van der Waals surface area contributed by atoms with Crippen molar-refractivity contribution in [2.75, 3.05) is 18.4 Å². The molecule has 0 unspecified atom stereocenters. The molecule has 0 radical (unpaired) electrons. The number of amides is 1. The van der Waals surface area contributed by atoms with Crippen LogP contribution in [0.25, 0.3) is 0 Å². The Balaban J connectivity index is 2.10. The third-order valence-electron chi connectivity index (χ3n) is 3.27. The van der Waals surface area contributed by atoms with Crippen LogP contribution in [0.15, 0.2) is 18.2 Å². The second kappa shape index (κ2) is 6.36. The van der Waals surface area contributed by atoms with Crippen LogP contribution in [0.5, 0.6) is 0 Å². The quantitative estimate of drug-likeness (QED) is 0.592. The topological polar surface area (TPSA) is 84.3 Å². The highest BCUT2D eigenvalue weighted by atomic mass is 16.6. The molecule has 1 aromatic carbocycles. The van der Waals surface area contributed by atoms with E-state index in [2.05, 4.69) is 10.6 Å². The molecule has 0 aliphatic heterocycles. The Hall–Kier alpha value is -2.11. The zero-order chi connectivity index (χ0) is 14.5. The molecular formula is C14H19N3O3. The number of nitrogens with one attached hydrogen (secondary N) is 2. The van der Waals surface area contributed by atoms with Crippen molar-refractivity contribution in [1.29, 1.82) is 0 Å². The van der Waals surface area contributed by atoms with Crippen LogP contribution in [0.2, 0.25) is 0 Å². The first kappa shape index (κ1) is 14.3. The molecule has 108 valence electrons. The lowest BCUT2D eigenvalue weighted by atomic mass is 10.1. The summed E-state index contributed by atoms with van der Waals surface area (Å²) in [7, 11) is 0. The maximum Gasteiger partial charge on any atom is 0.293 e. The Morgan fingerprint density at radius 1 is 1.45 bits per heavy atom. The first-order valence-electron chi connectivity index (χ1n) is 6.92. The van der Waals surface area contributed by atoms with Gasteiger partial charge in [0.15, 0.2) is 0 Å². The van der Waals surface area contributed by atoms with E-state index in [9.17, 15) is 14.9 Å². The summed E-state index contributed by atoms with van der Waals surface area (Å²) in [5.74, 6) is 0.335. The van der Waals surface area contributed by atoms with Gasteiger partial charge in [0.05, 0.1) is 4.92 Å². The maximum atomic E-state index is 11.9. The van der Waals surface area contributed by atoms with Gasteiger partial charge in [0, 0.05) is 24.7 Å². The Kier molecular flexibility index (Phi) is 4.55. The molecule has 20 heavy (non-hydrogen) atoms. The van der Waals surface area contributed by atoms with E-state index in [-0.39, 0.29) is 11.6 Å². The monoisotopic (exact) mass is 277 g/mol. The van der Waals surface area contributed by atoms with Crippen molar-refractivity contribution in [3.63, 3.8) is 0 Å². The summed E-state index contributed by atoms with van der Waals surface area (Å²) in [5.41, 5.74) is 0.729. The summed E-state index contributed by atoms with van der Waals surface area (Å²) in [6.45, 7) is 3.30. The fourth-order valence-corrected chi connectivity index (χ4v) is 1.89. The van der Waals surface area contributed by atoms with Gasteiger partial charge in [-0.25, -0.2) is 0 Å². The molecule has 6 heteroatoms. The molecule has 1 fully saturated rings. The van der Waals surface area contributed by atoms with E-state index in [0.29, 0.717) is 30.3 Å². The molecule has 1 saturated carbocycles. The minimum Gasteiger partial charge on any atom is -0.380 e. The van der Waals surface area contributed by atoms with Gasteiger partial charge in [-0.1, -0.05) is 6.92 Å². The largest absolute Gasteiger partial charge is 0.380 e. The average Bonchev–Trinajstić information content (AvgIpc) is 3.26. The molecule has 0 spiro atoms. The summed E-state index contributed by atoms with van der Waals surface area (Å²) < 4.78 is 0. The number of nitro benzene ring substituents is 1. The Bertz CT molecular complexity index is 512. The van der Waals surface area contributed by atoms with Crippen molar-refractivity contribution in [3.05, 3.63) is 33.9 Å². The third-order valence-corrected chi connectivity index (χ3v) is 3.27. The minimum atomic E-state index is -0.463. The lowest BCUT2D eigenvalue weighted by Gasteiger charge is -2.08. The van der Waals surface area contributed by atoms with E-state index < -0.39 is 4.92 Å². The summed E-state index contributed by atoms with van der Waals surface area (Å²) >= 11 is 0. The SMILES string of the molecule is CCCNc1ccc(C(=O)NCC2CC2)cc1[N+](=O)[O-]. The molecule has 0 aromatic heterocycles. The predicted octanol–water partition coefficient (Wildman–Crippen LogP) is 2.56. The standard InChI is InChI=1S/C14H19N3O3/c1-2-7-15-12-6-5-11(8-13(12)17(19)20)14(18)16-9-10-3-4-10/h5-6,8,10,15H,2-4,7,9H2,1H3,(H,16,18). The van der Waals surface area contributed by atoms with Gasteiger partial charge in [0.2, 0.25) is 0 Å². The highest BCUT2D eigenvalue weighted by Crippen LogP contribution is 2.28. The predicted molar refractivity (Wildman–Crippen MR) is 76.9 cm³/mol. The van der Waals surface area contributed by atoms with Crippen LogP contribution in [-0.2, 0) is 0 Å². The summed E-state index contributed by atoms with van der Waals surface area (Å²) in [6.07, 6.45) is 3.18. The second-order valence-corrected chi connectivity index (χ2v) is 5.07. The summed E-state index contributed by atoms with van der Waals surface area (Å²) in [5, 5.41) is 16.9. The van der Waals surface area contributed by atoms with Gasteiger partial charge in [0.25, 0.3) is 11.6 Å². The Morgan fingerprint density at radius 3 is 2.80 bits per heavy atom. The van der Waals surface area contributed by atoms with E-state index >= 15 is 0 Å². The van der Waals surface area contributed by atoms with Crippen LogP contribution in [-0.4, -0.2) is 23.9 Å². The number of hydrogen-bond acceptors (Lipinski definition) is 4. The van der Waals surface area contributed by atoms with Crippen molar-refractivity contribution in [3.8, 4) is 0 Å². The van der Waals surface area contributed by atoms with Crippen molar-refractivity contribution in [2.24, 2.45) is 5.92 Å². The molecular weight excluding hydrogens is 258 g/mol. The molecule has 1 aromatic rings. The maximum absolute atomic E-state index is 11.9. The second-order valence-electron chi connectivity index (χ2n) is 5.07. The molecule has 0 atom stereocenters. The Morgan fingerprint density at radius 2 is 2.20 bits per heavy atom. The highest BCUT2D eigenvalue weighted by Gasteiger charge is 2.23. The first-order chi connectivity index (χ1) is 9.61. The lowest BCUT2D eigenvalue weighted by molar-refractivity contribution is -0.384. The van der Waals surface area contributed by atoms with Gasteiger partial charge in [-0.2, -0.15) is 0 Å². The van der Waals surface area contributed by atoms with Crippen LogP contribution < -0.4 is 10.6 Å². The van der Waals surface area contributed by atoms with Gasteiger partial charge < -0.3 is 10.6 Å². The van der Waals surface area contributed by atoms with E-state index in [4.69, 9.17) is 0 Å². The molecule has 0 bridgehead atoms. The van der Waals surface area contributed by atoms with Crippen LogP contribution >= 0.6 is 0 Å². The van der Waals surface area contributed by atoms with Crippen molar-refractivity contribution in [2.45, 2.75) is 26.2 Å². The van der Waals surface area contributed by atoms with E-state index in [1.54, 1.807) is 12.1 Å². The molecule has 6 nitrogen and oxygen atoms in total. The van der Waals surface area contributed by atoms with Gasteiger partial charge in [-0.05, 0) is 37.3 Å². The number of nitro groups is 1. The molecule has 1 aliphatic carbocycles. The van der Waals surface area contributed by atoms with Crippen molar-refractivity contribution < 1.29 is 9.72 Å². The molecule has 2 rings (SSSR count). The number of nitrogens with zero attached hydrogens (tertiary/aromatic N) is 1. The van der Waals surface area contributed by atoms with Crippen LogP contribution in [0.4, 0.5) is 11.4 Å². The fourth-order valence-electron chi connectivity index (χ4n) is 1.89. The van der Waals surface area contributed by atoms with Gasteiger partial charge in [-0.3, -0.25) is 14.9 Å². The number of benzene rings is 1. The number of anilines is 1.